The van der Waals surface area contributed by atoms with Gasteiger partial charge in [0.1, 0.15) is 0 Å². The van der Waals surface area contributed by atoms with Crippen molar-refractivity contribution in [2.45, 2.75) is 57.4 Å². The molecule has 1 aromatic heterocycles. The molecule has 1 N–H and O–H groups in total. The molecule has 3 rings (SSSR count). The van der Waals surface area contributed by atoms with Gasteiger partial charge in [-0.2, -0.15) is 0 Å². The Bertz CT molecular complexity index is 601. The van der Waals surface area contributed by atoms with Crippen LogP contribution in [0, 0.1) is 0 Å². The van der Waals surface area contributed by atoms with Gasteiger partial charge in [0.25, 0.3) is 11.8 Å². The van der Waals surface area contributed by atoms with E-state index in [1.54, 1.807) is 6.07 Å². The fourth-order valence-electron chi connectivity index (χ4n) is 3.45. The number of aromatic nitrogens is 1. The van der Waals surface area contributed by atoms with Crippen molar-refractivity contribution in [2.24, 2.45) is 0 Å². The lowest BCUT2D eigenvalue weighted by Gasteiger charge is -2.21. The normalized spacial score (nSPS) is 18.9. The maximum Gasteiger partial charge on any atom is 0.263 e. The summed E-state index contributed by atoms with van der Waals surface area (Å²) in [5, 5.41) is 3.06. The van der Waals surface area contributed by atoms with Crippen LogP contribution in [0.3, 0.4) is 0 Å². The van der Waals surface area contributed by atoms with Crippen LogP contribution in [-0.2, 0) is 4.79 Å². The fraction of sp³-hybridized carbons (Fsp3) is 0.556. The van der Waals surface area contributed by atoms with Crippen LogP contribution in [0.25, 0.3) is 0 Å². The second-order valence-electron chi connectivity index (χ2n) is 6.54. The van der Waals surface area contributed by atoms with Gasteiger partial charge in [-0.3, -0.25) is 24.3 Å². The van der Waals surface area contributed by atoms with Gasteiger partial charge >= 0.3 is 0 Å². The third-order valence-corrected chi connectivity index (χ3v) is 4.80. The van der Waals surface area contributed by atoms with E-state index in [0.717, 1.165) is 30.6 Å². The first kappa shape index (κ1) is 16.6. The fourth-order valence-corrected chi connectivity index (χ4v) is 3.45. The van der Waals surface area contributed by atoms with Gasteiger partial charge in [0.05, 0.1) is 11.1 Å². The monoisotopic (exact) mass is 329 g/mol. The molecule has 1 aromatic rings. The Kier molecular flexibility index (Phi) is 5.23. The summed E-state index contributed by atoms with van der Waals surface area (Å²) in [5.74, 6) is -0.784. The highest BCUT2D eigenvalue weighted by Gasteiger charge is 2.35. The average molecular weight is 329 g/mol. The number of pyridine rings is 1. The third kappa shape index (κ3) is 3.63. The minimum Gasteiger partial charge on any atom is -0.353 e. The number of hydrogen-bond acceptors (Lipinski definition) is 4. The van der Waals surface area contributed by atoms with Gasteiger partial charge in [0.2, 0.25) is 5.91 Å². The molecule has 128 valence electrons. The maximum atomic E-state index is 12.2. The highest BCUT2D eigenvalue weighted by atomic mass is 16.2. The molecular formula is C18H23N3O3. The molecule has 0 radical (unpaired) electrons. The summed E-state index contributed by atoms with van der Waals surface area (Å²) in [4.78, 5) is 41.7. The van der Waals surface area contributed by atoms with Crippen molar-refractivity contribution in [2.75, 3.05) is 6.54 Å². The van der Waals surface area contributed by atoms with Crippen molar-refractivity contribution in [3.05, 3.63) is 29.6 Å². The number of nitrogens with one attached hydrogen (secondary N) is 1. The Morgan fingerprint density at radius 3 is 2.46 bits per heavy atom. The molecule has 2 aliphatic rings. The molecule has 1 aliphatic carbocycles. The van der Waals surface area contributed by atoms with Crippen LogP contribution in [0.1, 0.15) is 72.1 Å². The summed E-state index contributed by atoms with van der Waals surface area (Å²) < 4.78 is 0. The van der Waals surface area contributed by atoms with E-state index < -0.39 is 0 Å². The first-order valence-electron chi connectivity index (χ1n) is 8.76. The Morgan fingerprint density at radius 1 is 1.08 bits per heavy atom. The van der Waals surface area contributed by atoms with E-state index in [1.165, 1.54) is 31.7 Å². The number of fused-ring (bicyclic) bond motifs is 1. The number of rotatable bonds is 4. The van der Waals surface area contributed by atoms with Gasteiger partial charge in [-0.15, -0.1) is 0 Å². The number of carbonyl (C=O) groups is 3. The largest absolute Gasteiger partial charge is 0.353 e. The third-order valence-electron chi connectivity index (χ3n) is 4.80. The summed E-state index contributed by atoms with van der Waals surface area (Å²) in [6.07, 6.45) is 11.1. The molecule has 0 unspecified atom stereocenters. The van der Waals surface area contributed by atoms with Crippen LogP contribution in [-0.4, -0.2) is 40.2 Å². The van der Waals surface area contributed by atoms with Crippen LogP contribution < -0.4 is 5.32 Å². The SMILES string of the molecule is O=C(CCN1C(=O)c2ccncc2C1=O)NC1CCCCCCC1. The zero-order valence-electron chi connectivity index (χ0n) is 13.8. The second-order valence-corrected chi connectivity index (χ2v) is 6.54. The lowest BCUT2D eigenvalue weighted by Crippen LogP contribution is -2.38. The van der Waals surface area contributed by atoms with Crippen molar-refractivity contribution in [1.29, 1.82) is 0 Å². The summed E-state index contributed by atoms with van der Waals surface area (Å²) in [7, 11) is 0. The van der Waals surface area contributed by atoms with E-state index in [2.05, 4.69) is 10.3 Å². The number of imide groups is 1. The van der Waals surface area contributed by atoms with Crippen LogP contribution in [0.15, 0.2) is 18.5 Å². The smallest absolute Gasteiger partial charge is 0.263 e. The lowest BCUT2D eigenvalue weighted by molar-refractivity contribution is -0.122. The van der Waals surface area contributed by atoms with Gasteiger partial charge in [-0.25, -0.2) is 0 Å². The number of carbonyl (C=O) groups excluding carboxylic acids is 3. The first-order valence-corrected chi connectivity index (χ1v) is 8.76. The zero-order chi connectivity index (χ0) is 16.9. The van der Waals surface area contributed by atoms with Crippen LogP contribution in [0.2, 0.25) is 0 Å². The summed E-state index contributed by atoms with van der Waals surface area (Å²) in [6, 6.07) is 1.77. The van der Waals surface area contributed by atoms with E-state index in [9.17, 15) is 14.4 Å². The zero-order valence-corrected chi connectivity index (χ0v) is 13.8. The first-order chi connectivity index (χ1) is 11.7. The number of nitrogens with zero attached hydrogens (tertiary/aromatic N) is 2. The molecular weight excluding hydrogens is 306 g/mol. The van der Waals surface area contributed by atoms with Crippen molar-refractivity contribution in [1.82, 2.24) is 15.2 Å². The van der Waals surface area contributed by atoms with Gasteiger partial charge in [0.15, 0.2) is 0 Å². The van der Waals surface area contributed by atoms with Crippen molar-refractivity contribution in [3.8, 4) is 0 Å². The van der Waals surface area contributed by atoms with Gasteiger partial charge < -0.3 is 5.32 Å². The van der Waals surface area contributed by atoms with Crippen LogP contribution in [0.5, 0.6) is 0 Å². The molecule has 1 aliphatic heterocycles. The van der Waals surface area contributed by atoms with Gasteiger partial charge in [0, 0.05) is 31.4 Å². The molecule has 0 atom stereocenters. The highest BCUT2D eigenvalue weighted by Crippen LogP contribution is 2.22. The molecule has 0 bridgehead atoms. The molecule has 1 saturated carbocycles. The van der Waals surface area contributed by atoms with Crippen molar-refractivity contribution < 1.29 is 14.4 Å². The molecule has 24 heavy (non-hydrogen) atoms. The molecule has 1 fully saturated rings. The van der Waals surface area contributed by atoms with Crippen molar-refractivity contribution in [3.63, 3.8) is 0 Å². The lowest BCUT2D eigenvalue weighted by atomic mass is 9.96. The molecule has 3 amide bonds. The average Bonchev–Trinajstić information content (AvgIpc) is 2.80. The molecule has 6 nitrogen and oxygen atoms in total. The molecule has 6 heteroatoms. The molecule has 0 saturated heterocycles. The quantitative estimate of drug-likeness (QED) is 0.860. The van der Waals surface area contributed by atoms with E-state index >= 15 is 0 Å². The standard InChI is InChI=1S/C18H23N3O3/c22-16(20-13-6-4-2-1-3-5-7-13)9-11-21-17(23)14-8-10-19-12-15(14)18(21)24/h8,10,12-13H,1-7,9,11H2,(H,20,22). The van der Waals surface area contributed by atoms with E-state index in [1.807, 2.05) is 0 Å². The predicted molar refractivity (Wildman–Crippen MR) is 88.5 cm³/mol. The van der Waals surface area contributed by atoms with E-state index in [-0.39, 0.29) is 36.7 Å². The minimum atomic E-state index is -0.359. The van der Waals surface area contributed by atoms with E-state index in [4.69, 9.17) is 0 Å². The van der Waals surface area contributed by atoms with Crippen molar-refractivity contribution >= 4 is 17.7 Å². The topological polar surface area (TPSA) is 79.4 Å². The summed E-state index contributed by atoms with van der Waals surface area (Å²) in [5.41, 5.74) is 0.693. The number of amides is 3. The Balaban J connectivity index is 1.51. The Hall–Kier alpha value is -2.24. The molecule has 0 aromatic carbocycles. The summed E-state index contributed by atoms with van der Waals surface area (Å²) >= 11 is 0. The van der Waals surface area contributed by atoms with Crippen LogP contribution in [0.4, 0.5) is 0 Å². The van der Waals surface area contributed by atoms with Crippen LogP contribution >= 0.6 is 0 Å². The maximum absolute atomic E-state index is 12.2. The molecule has 0 spiro atoms. The minimum absolute atomic E-state index is 0.0877. The second kappa shape index (κ2) is 7.55. The predicted octanol–water partition coefficient (Wildman–Crippen LogP) is 2.30. The Labute approximate surface area is 141 Å². The number of hydrogen-bond donors (Lipinski definition) is 1. The Morgan fingerprint density at radius 2 is 1.75 bits per heavy atom. The highest BCUT2D eigenvalue weighted by molar-refractivity contribution is 6.21. The van der Waals surface area contributed by atoms with E-state index in [0.29, 0.717) is 11.1 Å². The van der Waals surface area contributed by atoms with Gasteiger partial charge in [-0.1, -0.05) is 32.1 Å². The van der Waals surface area contributed by atoms with Gasteiger partial charge in [-0.05, 0) is 18.9 Å². The molecule has 2 heterocycles. The summed E-state index contributed by atoms with van der Waals surface area (Å²) in [6.45, 7) is 0.116.